The Balaban J connectivity index is 1.81. The molecule has 1 saturated heterocycles. The number of rotatable bonds is 5. The smallest absolute Gasteiger partial charge is 0.338 e. The molecule has 0 radical (unpaired) electrons. The van der Waals surface area contributed by atoms with E-state index in [1.807, 2.05) is 0 Å². The standard InChI is InChI=1S/C18H17Cl2N3O6S/c1-29-18(24)12-2-4-15(16(10-12)23(25)26)21-6-8-22(9-7-21)30(27,28)17-5-3-13(19)11-14(17)20/h2-5,10-11H,6-9H2,1H3. The number of ether oxygens (including phenoxy) is 1. The van der Waals surface area contributed by atoms with Crippen LogP contribution in [0.15, 0.2) is 41.3 Å². The van der Waals surface area contributed by atoms with Crippen LogP contribution < -0.4 is 4.90 Å². The number of carbonyl (C=O) groups excluding carboxylic acids is 1. The van der Waals surface area contributed by atoms with Gasteiger partial charge >= 0.3 is 5.97 Å². The molecule has 1 aliphatic rings. The zero-order chi connectivity index (χ0) is 22.1. The van der Waals surface area contributed by atoms with Crippen molar-refractivity contribution in [3.05, 3.63) is 62.1 Å². The Bertz CT molecular complexity index is 1100. The van der Waals surface area contributed by atoms with Gasteiger partial charge in [-0.3, -0.25) is 10.1 Å². The lowest BCUT2D eigenvalue weighted by atomic mass is 10.1. The Hall–Kier alpha value is -2.40. The van der Waals surface area contributed by atoms with Crippen LogP contribution in [0.2, 0.25) is 10.0 Å². The molecule has 2 aromatic carbocycles. The third kappa shape index (κ3) is 4.36. The van der Waals surface area contributed by atoms with Gasteiger partial charge < -0.3 is 9.64 Å². The number of esters is 1. The second kappa shape index (κ2) is 8.76. The summed E-state index contributed by atoms with van der Waals surface area (Å²) in [6.07, 6.45) is 0. The maximum atomic E-state index is 12.9. The van der Waals surface area contributed by atoms with Crippen LogP contribution in [0.5, 0.6) is 0 Å². The molecule has 3 rings (SSSR count). The molecule has 0 bridgehead atoms. The Morgan fingerprint density at radius 1 is 1.10 bits per heavy atom. The number of halogens is 2. The maximum absolute atomic E-state index is 12.9. The van der Waals surface area contributed by atoms with E-state index in [1.165, 1.54) is 41.7 Å². The van der Waals surface area contributed by atoms with E-state index in [0.29, 0.717) is 10.7 Å². The normalized spacial score (nSPS) is 15.1. The highest BCUT2D eigenvalue weighted by atomic mass is 35.5. The van der Waals surface area contributed by atoms with E-state index in [-0.39, 0.29) is 47.3 Å². The minimum Gasteiger partial charge on any atom is -0.465 e. The van der Waals surface area contributed by atoms with Crippen LogP contribution in [0.25, 0.3) is 0 Å². The van der Waals surface area contributed by atoms with Gasteiger partial charge in [-0.05, 0) is 30.3 Å². The number of sulfonamides is 1. The first kappa shape index (κ1) is 22.3. The molecule has 30 heavy (non-hydrogen) atoms. The summed E-state index contributed by atoms with van der Waals surface area (Å²) in [7, 11) is -2.65. The number of benzene rings is 2. The SMILES string of the molecule is COC(=O)c1ccc(N2CCN(S(=O)(=O)c3ccc(Cl)cc3Cl)CC2)c([N+](=O)[O-])c1. The third-order valence-corrected chi connectivity index (χ3v) is 7.30. The highest BCUT2D eigenvalue weighted by Crippen LogP contribution is 2.32. The molecule has 9 nitrogen and oxygen atoms in total. The molecule has 160 valence electrons. The van der Waals surface area contributed by atoms with Crippen molar-refractivity contribution in [2.24, 2.45) is 0 Å². The molecule has 12 heteroatoms. The number of nitro groups is 1. The number of nitrogens with zero attached hydrogens (tertiary/aromatic N) is 3. The first-order valence-electron chi connectivity index (χ1n) is 8.72. The van der Waals surface area contributed by atoms with E-state index >= 15 is 0 Å². The van der Waals surface area contributed by atoms with Crippen molar-refractivity contribution < 1.29 is 22.9 Å². The molecule has 1 heterocycles. The summed E-state index contributed by atoms with van der Waals surface area (Å²) in [6.45, 7) is 0.667. The van der Waals surface area contributed by atoms with Crippen LogP contribution in [-0.2, 0) is 14.8 Å². The van der Waals surface area contributed by atoms with Gasteiger partial charge in [-0.1, -0.05) is 23.2 Å². The van der Waals surface area contributed by atoms with Crippen molar-refractivity contribution in [2.75, 3.05) is 38.2 Å². The van der Waals surface area contributed by atoms with E-state index in [2.05, 4.69) is 4.74 Å². The lowest BCUT2D eigenvalue weighted by molar-refractivity contribution is -0.384. The van der Waals surface area contributed by atoms with Gasteiger partial charge in [0.05, 0.1) is 22.6 Å². The van der Waals surface area contributed by atoms with Gasteiger partial charge in [-0.2, -0.15) is 4.31 Å². The molecular formula is C18H17Cl2N3O6S. The molecule has 0 aliphatic carbocycles. The number of anilines is 1. The van der Waals surface area contributed by atoms with Gasteiger partial charge in [-0.25, -0.2) is 13.2 Å². The van der Waals surface area contributed by atoms with E-state index in [9.17, 15) is 23.3 Å². The highest BCUT2D eigenvalue weighted by Gasteiger charge is 2.32. The molecule has 0 unspecified atom stereocenters. The van der Waals surface area contributed by atoms with Crippen LogP contribution >= 0.6 is 23.2 Å². The number of piperazine rings is 1. The molecule has 0 spiro atoms. The van der Waals surface area contributed by atoms with Crippen molar-refractivity contribution in [2.45, 2.75) is 4.90 Å². The quantitative estimate of drug-likeness (QED) is 0.372. The number of nitro benzene ring substituents is 1. The molecule has 0 amide bonds. The van der Waals surface area contributed by atoms with E-state index < -0.39 is 20.9 Å². The van der Waals surface area contributed by atoms with Crippen LogP contribution in [0.1, 0.15) is 10.4 Å². The fraction of sp³-hybridized carbons (Fsp3) is 0.278. The summed E-state index contributed by atoms with van der Waals surface area (Å²) in [4.78, 5) is 24.2. The van der Waals surface area contributed by atoms with Gasteiger partial charge in [0.1, 0.15) is 10.6 Å². The van der Waals surface area contributed by atoms with E-state index in [0.717, 1.165) is 6.07 Å². The van der Waals surface area contributed by atoms with Crippen molar-refractivity contribution in [1.82, 2.24) is 4.31 Å². The molecule has 0 N–H and O–H groups in total. The predicted molar refractivity (Wildman–Crippen MR) is 112 cm³/mol. The number of methoxy groups -OCH3 is 1. The fourth-order valence-corrected chi connectivity index (χ4v) is 5.34. The molecule has 0 atom stereocenters. The Labute approximate surface area is 182 Å². The van der Waals surface area contributed by atoms with Crippen LogP contribution in [0.3, 0.4) is 0 Å². The zero-order valence-electron chi connectivity index (χ0n) is 15.7. The summed E-state index contributed by atoms with van der Waals surface area (Å²) >= 11 is 11.9. The number of carbonyl (C=O) groups is 1. The van der Waals surface area contributed by atoms with Gasteiger partial charge in [-0.15, -0.1) is 0 Å². The van der Waals surface area contributed by atoms with Gasteiger partial charge in [0, 0.05) is 37.3 Å². The maximum Gasteiger partial charge on any atom is 0.338 e. The van der Waals surface area contributed by atoms with Crippen molar-refractivity contribution >= 4 is 50.6 Å². The molecule has 1 fully saturated rings. The van der Waals surface area contributed by atoms with E-state index in [1.54, 1.807) is 4.90 Å². The van der Waals surface area contributed by atoms with Gasteiger partial charge in [0.15, 0.2) is 0 Å². The Kier molecular flexibility index (Phi) is 6.51. The summed E-state index contributed by atoms with van der Waals surface area (Å²) in [5, 5.41) is 11.8. The van der Waals surface area contributed by atoms with Crippen molar-refractivity contribution in [3.63, 3.8) is 0 Å². The zero-order valence-corrected chi connectivity index (χ0v) is 18.1. The first-order chi connectivity index (χ1) is 14.1. The lowest BCUT2D eigenvalue weighted by Crippen LogP contribution is -2.48. The minimum absolute atomic E-state index is 0.0268. The number of hydrogen-bond acceptors (Lipinski definition) is 7. The third-order valence-electron chi connectivity index (χ3n) is 4.68. The fourth-order valence-electron chi connectivity index (χ4n) is 3.17. The van der Waals surface area contributed by atoms with E-state index in [4.69, 9.17) is 23.2 Å². The largest absolute Gasteiger partial charge is 0.465 e. The monoisotopic (exact) mass is 473 g/mol. The number of hydrogen-bond donors (Lipinski definition) is 0. The van der Waals surface area contributed by atoms with Crippen molar-refractivity contribution in [3.8, 4) is 0 Å². The summed E-state index contributed by atoms with van der Waals surface area (Å²) < 4.78 is 31.7. The van der Waals surface area contributed by atoms with Gasteiger partial charge in [0.25, 0.3) is 5.69 Å². The molecule has 0 aromatic heterocycles. The Morgan fingerprint density at radius 3 is 2.33 bits per heavy atom. The predicted octanol–water partition coefficient (Wildman–Crippen LogP) is 3.20. The summed E-state index contributed by atoms with van der Waals surface area (Å²) in [5.41, 5.74) is 0.107. The van der Waals surface area contributed by atoms with Crippen LogP contribution in [-0.4, -0.2) is 56.9 Å². The average molecular weight is 474 g/mol. The first-order valence-corrected chi connectivity index (χ1v) is 10.9. The molecule has 0 saturated carbocycles. The average Bonchev–Trinajstić information content (AvgIpc) is 2.72. The van der Waals surface area contributed by atoms with Crippen molar-refractivity contribution in [1.29, 1.82) is 0 Å². The van der Waals surface area contributed by atoms with Crippen LogP contribution in [0.4, 0.5) is 11.4 Å². The van der Waals surface area contributed by atoms with Gasteiger partial charge in [0.2, 0.25) is 10.0 Å². The minimum atomic E-state index is -3.84. The summed E-state index contributed by atoms with van der Waals surface area (Å²) in [6, 6.07) is 8.21. The second-order valence-corrected chi connectivity index (χ2v) is 9.17. The molecule has 1 aliphatic heterocycles. The lowest BCUT2D eigenvalue weighted by Gasteiger charge is -2.35. The molecular weight excluding hydrogens is 457 g/mol. The van der Waals surface area contributed by atoms with Crippen LogP contribution in [0, 0.1) is 10.1 Å². The summed E-state index contributed by atoms with van der Waals surface area (Å²) in [5.74, 6) is -0.680. The Morgan fingerprint density at radius 2 is 1.77 bits per heavy atom. The topological polar surface area (TPSA) is 110 Å². The highest BCUT2D eigenvalue weighted by molar-refractivity contribution is 7.89. The second-order valence-electron chi connectivity index (χ2n) is 6.42. The molecule has 2 aromatic rings.